The van der Waals surface area contributed by atoms with Gasteiger partial charge in [0.15, 0.2) is 0 Å². The van der Waals surface area contributed by atoms with Crippen molar-refractivity contribution in [2.24, 2.45) is 5.41 Å². The highest BCUT2D eigenvalue weighted by atomic mass is 32.2. The topological polar surface area (TPSA) is 204 Å². The van der Waals surface area contributed by atoms with Crippen LogP contribution < -0.4 is 15.4 Å². The lowest BCUT2D eigenvalue weighted by atomic mass is 9.99. The summed E-state index contributed by atoms with van der Waals surface area (Å²) in [6, 6.07) is 7.57. The highest BCUT2D eigenvalue weighted by molar-refractivity contribution is 7.90. The van der Waals surface area contributed by atoms with Crippen molar-refractivity contribution in [2.45, 2.75) is 116 Å². The van der Waals surface area contributed by atoms with Crippen molar-refractivity contribution in [3.63, 3.8) is 0 Å². The van der Waals surface area contributed by atoms with Crippen molar-refractivity contribution in [2.75, 3.05) is 26.7 Å². The van der Waals surface area contributed by atoms with Crippen molar-refractivity contribution < 1.29 is 42.2 Å². The van der Waals surface area contributed by atoms with Crippen LogP contribution in [0.5, 0.6) is 0 Å². The number of hydrogen-bond donors (Lipinski definition) is 4. The number of hydrogen-bond acceptors (Lipinski definition) is 10. The number of benzene rings is 1. The number of carboxylic acid groups (broad SMARTS) is 1. The van der Waals surface area contributed by atoms with E-state index in [2.05, 4.69) is 46.8 Å². The molecule has 1 saturated heterocycles. The maximum absolute atomic E-state index is 12.9. The number of ether oxygens (including phenoxy) is 1. The zero-order valence-electron chi connectivity index (χ0n) is 33.6. The molecule has 0 bridgehead atoms. The number of carbonyl (C=O) groups excluding carboxylic acids is 4. The Morgan fingerprint density at radius 2 is 1.55 bits per heavy atom. The van der Waals surface area contributed by atoms with Crippen LogP contribution in [0, 0.1) is 5.41 Å². The normalized spacial score (nSPS) is 16.4. The van der Waals surface area contributed by atoms with E-state index in [1.807, 2.05) is 37.9 Å². The van der Waals surface area contributed by atoms with E-state index >= 15 is 0 Å². The summed E-state index contributed by atoms with van der Waals surface area (Å²) in [7, 11) is -1.97. The Morgan fingerprint density at radius 3 is 2.09 bits per heavy atom. The number of alkyl carbamates (subject to hydrolysis) is 1. The lowest BCUT2D eigenvalue weighted by Gasteiger charge is -2.26. The fraction of sp³-hybridized carbons (Fsp3) is 0.550. The number of pyridine rings is 1. The standard InChI is InChI=1S/C23H34N4O7S.C8H10N2.C6H12.C2H4.CH2O2/c1-5-17(20(29)26-35(32,33)16-10-7-6-8-11-16)25-21(30)18-12-9-13-27(18)19(28)14-24-22(31)34-15-23(2,3)4;1-10-5-7-2-3-9-4-8(7)6-10;1-2-4-6-5-3-1;1-2;2-1-3/h6-8,10-11,17-18H,5,9,12-15H2,1-4H3,(H,24,31)(H,25,30)(H,26,29);2-4H,5-6H2,1H3;1-6H2;1-2H2;1H,(H,2,3). The molecule has 0 radical (unpaired) electrons. The van der Waals surface area contributed by atoms with Crippen molar-refractivity contribution in [3.05, 3.63) is 73.1 Å². The lowest BCUT2D eigenvalue weighted by molar-refractivity contribution is -0.138. The number of aromatic nitrogens is 1. The monoisotopic (exact) mass is 802 g/mol. The average molecular weight is 803 g/mol. The highest BCUT2D eigenvalue weighted by Gasteiger charge is 2.36. The molecule has 16 heteroatoms. The maximum Gasteiger partial charge on any atom is 0.407 e. The third-order valence-electron chi connectivity index (χ3n) is 8.61. The Bertz CT molecular complexity index is 1580. The molecule has 2 aliphatic heterocycles. The molecule has 2 aromatic rings. The number of fused-ring (bicyclic) bond motifs is 1. The van der Waals surface area contributed by atoms with Gasteiger partial charge in [-0.1, -0.05) is 84.4 Å². The molecule has 312 valence electrons. The minimum Gasteiger partial charge on any atom is -0.483 e. The van der Waals surface area contributed by atoms with E-state index in [-0.39, 0.29) is 36.4 Å². The second kappa shape index (κ2) is 26.1. The van der Waals surface area contributed by atoms with Crippen LogP contribution in [0.2, 0.25) is 0 Å². The Hall–Kier alpha value is -4.83. The van der Waals surface area contributed by atoms with E-state index < -0.39 is 45.9 Å². The first-order valence-electron chi connectivity index (χ1n) is 18.9. The maximum atomic E-state index is 12.9. The molecule has 1 aromatic heterocycles. The first-order valence-corrected chi connectivity index (χ1v) is 20.4. The zero-order valence-corrected chi connectivity index (χ0v) is 34.4. The summed E-state index contributed by atoms with van der Waals surface area (Å²) in [6.07, 6.45) is 13.2. The predicted molar refractivity (Wildman–Crippen MR) is 215 cm³/mol. The summed E-state index contributed by atoms with van der Waals surface area (Å²) in [5.41, 5.74) is 2.59. The molecule has 2 fully saturated rings. The van der Waals surface area contributed by atoms with Gasteiger partial charge in [0.1, 0.15) is 18.6 Å². The summed E-state index contributed by atoms with van der Waals surface area (Å²) < 4.78 is 31.9. The van der Waals surface area contributed by atoms with Gasteiger partial charge in [-0.2, -0.15) is 0 Å². The number of sulfonamides is 1. The van der Waals surface area contributed by atoms with Gasteiger partial charge in [0.25, 0.3) is 22.4 Å². The minimum absolute atomic E-state index is 0.0735. The van der Waals surface area contributed by atoms with Gasteiger partial charge in [-0.25, -0.2) is 17.9 Å². The molecule has 5 rings (SSSR count). The number of likely N-dealkylation sites (tertiary alicyclic amines) is 1. The summed E-state index contributed by atoms with van der Waals surface area (Å²) in [6.45, 7) is 15.4. The fourth-order valence-corrected chi connectivity index (χ4v) is 6.89. The Kier molecular flexibility index (Phi) is 22.9. The lowest BCUT2D eigenvalue weighted by Crippen LogP contribution is -2.54. The van der Waals surface area contributed by atoms with Gasteiger partial charge < -0.3 is 25.4 Å². The van der Waals surface area contributed by atoms with Crippen molar-refractivity contribution in [3.8, 4) is 0 Å². The Labute approximate surface area is 332 Å². The molecule has 4 N–H and O–H groups in total. The van der Waals surface area contributed by atoms with Crippen LogP contribution in [0.15, 0.2) is 66.8 Å². The first kappa shape index (κ1) is 49.2. The molecule has 2 atom stereocenters. The van der Waals surface area contributed by atoms with Gasteiger partial charge in [-0.3, -0.25) is 29.1 Å². The Morgan fingerprint density at radius 1 is 0.982 bits per heavy atom. The van der Waals surface area contributed by atoms with E-state index in [1.165, 1.54) is 78.8 Å². The average Bonchev–Trinajstić information content (AvgIpc) is 3.84. The van der Waals surface area contributed by atoms with Crippen LogP contribution in [-0.4, -0.2) is 97.4 Å². The van der Waals surface area contributed by atoms with Crippen LogP contribution in [0.3, 0.4) is 0 Å². The molecule has 2 unspecified atom stereocenters. The van der Waals surface area contributed by atoms with Crippen LogP contribution in [-0.2, 0) is 47.0 Å². The molecule has 1 saturated carbocycles. The summed E-state index contributed by atoms with van der Waals surface area (Å²) in [5, 5.41) is 11.8. The van der Waals surface area contributed by atoms with Gasteiger partial charge in [-0.15, -0.1) is 13.2 Å². The van der Waals surface area contributed by atoms with Crippen molar-refractivity contribution in [1.29, 1.82) is 0 Å². The SMILES string of the molecule is C1CCCCC1.C=C.CCC(NC(=O)C1CCCN1C(=O)CNC(=O)OCC(C)(C)C)C(=O)NS(=O)(=O)c1ccccc1.CN1Cc2ccncc2C1.O=CO. The second-order valence-electron chi connectivity index (χ2n) is 14.5. The largest absolute Gasteiger partial charge is 0.483 e. The van der Waals surface area contributed by atoms with E-state index in [0.717, 1.165) is 13.1 Å². The Balaban J connectivity index is 0.000000596. The van der Waals surface area contributed by atoms with E-state index in [4.69, 9.17) is 14.6 Å². The van der Waals surface area contributed by atoms with Crippen molar-refractivity contribution >= 4 is 40.3 Å². The zero-order chi connectivity index (χ0) is 42.1. The molecule has 3 heterocycles. The van der Waals surface area contributed by atoms with E-state index in [0.29, 0.717) is 19.4 Å². The molecule has 56 heavy (non-hydrogen) atoms. The number of amides is 4. The smallest absolute Gasteiger partial charge is 0.407 e. The van der Waals surface area contributed by atoms with Crippen molar-refractivity contribution in [1.82, 2.24) is 30.1 Å². The molecule has 3 aliphatic rings. The molecular formula is C40H62N6O9S. The van der Waals surface area contributed by atoms with Crippen LogP contribution in [0.1, 0.15) is 96.6 Å². The first-order chi connectivity index (χ1) is 26.6. The highest BCUT2D eigenvalue weighted by Crippen LogP contribution is 2.20. The van der Waals surface area contributed by atoms with Crippen LogP contribution >= 0.6 is 0 Å². The number of nitrogens with zero attached hydrogens (tertiary/aromatic N) is 3. The van der Waals surface area contributed by atoms with Gasteiger partial charge in [0.2, 0.25) is 11.8 Å². The molecule has 4 amide bonds. The number of carbonyl (C=O) groups is 5. The van der Waals surface area contributed by atoms with Crippen LogP contribution in [0.25, 0.3) is 0 Å². The quantitative estimate of drug-likeness (QED) is 0.196. The van der Waals surface area contributed by atoms with Gasteiger partial charge in [0, 0.05) is 32.0 Å². The van der Waals surface area contributed by atoms with E-state index in [9.17, 15) is 27.6 Å². The van der Waals surface area contributed by atoms with E-state index in [1.54, 1.807) is 13.0 Å². The summed E-state index contributed by atoms with van der Waals surface area (Å²) >= 11 is 0. The fourth-order valence-electron chi connectivity index (χ4n) is 5.85. The molecular weight excluding hydrogens is 741 g/mol. The molecule has 0 spiro atoms. The van der Waals surface area contributed by atoms with Gasteiger partial charge in [0.05, 0.1) is 11.5 Å². The number of rotatable bonds is 9. The third-order valence-corrected chi connectivity index (χ3v) is 9.97. The van der Waals surface area contributed by atoms with Gasteiger partial charge in [-0.05, 0) is 61.1 Å². The third kappa shape index (κ3) is 18.7. The molecule has 15 nitrogen and oxygen atoms in total. The molecule has 1 aromatic carbocycles. The summed E-state index contributed by atoms with van der Waals surface area (Å²) in [5.74, 6) is -1.89. The predicted octanol–water partition coefficient (Wildman–Crippen LogP) is 5.02. The summed E-state index contributed by atoms with van der Waals surface area (Å²) in [4.78, 5) is 65.9. The van der Waals surface area contributed by atoms with Gasteiger partial charge >= 0.3 is 6.09 Å². The second-order valence-corrected chi connectivity index (χ2v) is 16.2. The van der Waals surface area contributed by atoms with Crippen LogP contribution in [0.4, 0.5) is 4.79 Å². The molecule has 1 aliphatic carbocycles. The minimum atomic E-state index is -4.09. The number of nitrogens with one attached hydrogen (secondary N) is 3.